The van der Waals surface area contributed by atoms with Gasteiger partial charge < -0.3 is 4.74 Å². The van der Waals surface area contributed by atoms with Gasteiger partial charge in [-0.25, -0.2) is 0 Å². The van der Waals surface area contributed by atoms with Crippen molar-refractivity contribution < 1.29 is 22.7 Å². The van der Waals surface area contributed by atoms with Gasteiger partial charge in [-0.1, -0.05) is 58.8 Å². The van der Waals surface area contributed by atoms with Crippen molar-refractivity contribution in [2.75, 3.05) is 6.61 Å². The molecule has 21 heavy (non-hydrogen) atoms. The van der Waals surface area contributed by atoms with Crippen molar-refractivity contribution in [1.29, 1.82) is 0 Å². The second-order valence-electron chi connectivity index (χ2n) is 5.59. The maximum absolute atomic E-state index is 12.5. The van der Waals surface area contributed by atoms with Gasteiger partial charge in [0.2, 0.25) is 0 Å². The van der Waals surface area contributed by atoms with Crippen LogP contribution in [0.2, 0.25) is 0 Å². The van der Waals surface area contributed by atoms with Crippen LogP contribution in [0.3, 0.4) is 0 Å². The molecule has 1 unspecified atom stereocenters. The summed E-state index contributed by atoms with van der Waals surface area (Å²) in [7, 11) is 0. The Bertz CT molecular complexity index is 265. The van der Waals surface area contributed by atoms with Crippen molar-refractivity contribution >= 4 is 5.97 Å². The Labute approximate surface area is 126 Å². The van der Waals surface area contributed by atoms with Crippen LogP contribution in [-0.4, -0.2) is 18.8 Å². The summed E-state index contributed by atoms with van der Waals surface area (Å²) in [4.78, 5) is 11.7. The zero-order valence-electron chi connectivity index (χ0n) is 13.3. The summed E-state index contributed by atoms with van der Waals surface area (Å²) in [5.74, 6) is -1.73. The lowest BCUT2D eigenvalue weighted by atomic mass is 9.97. The number of carbonyl (C=O) groups excluding carboxylic acids is 1. The molecule has 2 nitrogen and oxygen atoms in total. The second kappa shape index (κ2) is 11.9. The Balaban J connectivity index is 4.01. The molecule has 0 saturated heterocycles. The molecule has 0 saturated carbocycles. The minimum absolute atomic E-state index is 0.199. The minimum atomic E-state index is -4.31. The van der Waals surface area contributed by atoms with E-state index in [9.17, 15) is 18.0 Å². The molecule has 0 bridgehead atoms. The van der Waals surface area contributed by atoms with Gasteiger partial charge in [0, 0.05) is 0 Å². The van der Waals surface area contributed by atoms with E-state index in [0.717, 1.165) is 19.3 Å². The second-order valence-corrected chi connectivity index (χ2v) is 5.59. The lowest BCUT2D eigenvalue weighted by Gasteiger charge is -2.17. The average Bonchev–Trinajstić information content (AvgIpc) is 2.41. The van der Waals surface area contributed by atoms with Crippen molar-refractivity contribution in [1.82, 2.24) is 0 Å². The molecule has 0 amide bonds. The maximum Gasteiger partial charge on any atom is 0.389 e. The molecule has 0 aliphatic carbocycles. The lowest BCUT2D eigenvalue weighted by molar-refractivity contribution is -0.168. The summed E-state index contributed by atoms with van der Waals surface area (Å²) in [6.45, 7) is 4.16. The van der Waals surface area contributed by atoms with Gasteiger partial charge in [0.25, 0.3) is 0 Å². The number of alkyl halides is 3. The van der Waals surface area contributed by atoms with Gasteiger partial charge in [-0.3, -0.25) is 4.79 Å². The highest BCUT2D eigenvalue weighted by molar-refractivity contribution is 5.72. The highest BCUT2D eigenvalue weighted by Crippen LogP contribution is 2.29. The summed E-state index contributed by atoms with van der Waals surface area (Å²) in [6.07, 6.45) is 2.80. The number of halogens is 3. The molecule has 0 N–H and O–H groups in total. The molecule has 0 aromatic rings. The predicted octanol–water partition coefficient (Wildman–Crippen LogP) is 5.65. The lowest BCUT2D eigenvalue weighted by Crippen LogP contribution is -2.24. The third-order valence-corrected chi connectivity index (χ3v) is 3.42. The van der Waals surface area contributed by atoms with Crippen LogP contribution in [-0.2, 0) is 9.53 Å². The molecule has 0 rings (SSSR count). The molecule has 1 atom stereocenters. The molecule has 5 heteroatoms. The Hall–Kier alpha value is -0.740. The minimum Gasteiger partial charge on any atom is -0.465 e. The number of hydrogen-bond donors (Lipinski definition) is 0. The van der Waals surface area contributed by atoms with Crippen molar-refractivity contribution in [3.63, 3.8) is 0 Å². The van der Waals surface area contributed by atoms with Crippen molar-refractivity contribution in [2.24, 2.45) is 5.92 Å². The van der Waals surface area contributed by atoms with Gasteiger partial charge in [0.15, 0.2) is 0 Å². The molecule has 0 aliphatic rings. The molecule has 0 aromatic heterocycles. The Morgan fingerprint density at radius 3 is 2.05 bits per heavy atom. The maximum atomic E-state index is 12.5. The van der Waals surface area contributed by atoms with E-state index in [2.05, 4.69) is 6.92 Å². The number of hydrogen-bond acceptors (Lipinski definition) is 2. The summed E-state index contributed by atoms with van der Waals surface area (Å²) in [5.41, 5.74) is 0. The quantitative estimate of drug-likeness (QED) is 0.344. The summed E-state index contributed by atoms with van der Waals surface area (Å²) >= 11 is 0. The van der Waals surface area contributed by atoms with Crippen molar-refractivity contribution in [2.45, 2.75) is 84.2 Å². The van der Waals surface area contributed by atoms with E-state index in [0.29, 0.717) is 12.8 Å². The third-order valence-electron chi connectivity index (χ3n) is 3.42. The third kappa shape index (κ3) is 12.7. The first kappa shape index (κ1) is 20.3. The largest absolute Gasteiger partial charge is 0.465 e. The Morgan fingerprint density at radius 2 is 1.52 bits per heavy atom. The van der Waals surface area contributed by atoms with Gasteiger partial charge in [-0.05, 0) is 12.8 Å². The number of ether oxygens (including phenoxy) is 1. The van der Waals surface area contributed by atoms with Crippen LogP contribution in [0.4, 0.5) is 13.2 Å². The topological polar surface area (TPSA) is 26.3 Å². The Kier molecular flexibility index (Phi) is 11.5. The highest BCUT2D eigenvalue weighted by atomic mass is 19.4. The van der Waals surface area contributed by atoms with E-state index in [-0.39, 0.29) is 13.0 Å². The molecule has 0 aromatic carbocycles. The average molecular weight is 310 g/mol. The van der Waals surface area contributed by atoms with E-state index in [4.69, 9.17) is 4.74 Å². The van der Waals surface area contributed by atoms with Gasteiger partial charge in [0.05, 0.1) is 18.9 Å². The molecule has 126 valence electrons. The van der Waals surface area contributed by atoms with Crippen molar-refractivity contribution in [3.8, 4) is 0 Å². The smallest absolute Gasteiger partial charge is 0.389 e. The highest BCUT2D eigenvalue weighted by Gasteiger charge is 2.35. The first-order chi connectivity index (χ1) is 9.90. The van der Waals surface area contributed by atoms with Crippen LogP contribution in [0.1, 0.15) is 78.1 Å². The van der Waals surface area contributed by atoms with Crippen LogP contribution in [0.5, 0.6) is 0 Å². The molecular weight excluding hydrogens is 281 g/mol. The van der Waals surface area contributed by atoms with E-state index in [1.54, 1.807) is 0 Å². The standard InChI is InChI=1S/C16H29F3O2/c1-3-5-6-7-8-9-10-11-14(13-16(17,18)19)15(20)21-12-4-2/h14H,3-13H2,1-2H3. The zero-order valence-corrected chi connectivity index (χ0v) is 13.3. The Morgan fingerprint density at radius 1 is 0.952 bits per heavy atom. The fourth-order valence-electron chi connectivity index (χ4n) is 2.25. The fraction of sp³-hybridized carbons (Fsp3) is 0.938. The van der Waals surface area contributed by atoms with Crippen LogP contribution < -0.4 is 0 Å². The number of unbranched alkanes of at least 4 members (excludes halogenated alkanes) is 6. The van der Waals surface area contributed by atoms with Gasteiger partial charge in [-0.15, -0.1) is 0 Å². The molecule has 0 radical (unpaired) electrons. The summed E-state index contributed by atoms with van der Waals surface area (Å²) in [6, 6.07) is 0. The molecule has 0 aliphatic heterocycles. The van der Waals surface area contributed by atoms with Crippen LogP contribution in [0, 0.1) is 5.92 Å². The normalized spacial score (nSPS) is 13.2. The zero-order chi connectivity index (χ0) is 16.1. The van der Waals surface area contributed by atoms with E-state index in [1.165, 1.54) is 19.3 Å². The fourth-order valence-corrected chi connectivity index (χ4v) is 2.25. The molecule has 0 heterocycles. The van der Waals surface area contributed by atoms with Crippen LogP contribution >= 0.6 is 0 Å². The number of rotatable bonds is 12. The van der Waals surface area contributed by atoms with Gasteiger partial charge in [0.1, 0.15) is 0 Å². The van der Waals surface area contributed by atoms with Gasteiger partial charge >= 0.3 is 12.1 Å². The summed E-state index contributed by atoms with van der Waals surface area (Å²) < 4.78 is 42.4. The van der Waals surface area contributed by atoms with E-state index in [1.807, 2.05) is 6.92 Å². The van der Waals surface area contributed by atoms with E-state index < -0.39 is 24.5 Å². The number of carbonyl (C=O) groups is 1. The van der Waals surface area contributed by atoms with Crippen LogP contribution in [0.25, 0.3) is 0 Å². The molecule has 0 spiro atoms. The van der Waals surface area contributed by atoms with Crippen molar-refractivity contribution in [3.05, 3.63) is 0 Å². The molecule has 0 fully saturated rings. The predicted molar refractivity (Wildman–Crippen MR) is 78.0 cm³/mol. The van der Waals surface area contributed by atoms with Gasteiger partial charge in [-0.2, -0.15) is 13.2 Å². The monoisotopic (exact) mass is 310 g/mol. The first-order valence-electron chi connectivity index (χ1n) is 8.14. The molecular formula is C16H29F3O2. The van der Waals surface area contributed by atoms with E-state index >= 15 is 0 Å². The summed E-state index contributed by atoms with van der Waals surface area (Å²) in [5, 5.41) is 0. The number of esters is 1. The van der Waals surface area contributed by atoms with Crippen LogP contribution in [0.15, 0.2) is 0 Å². The SMILES string of the molecule is CCCCCCCCCC(CC(F)(F)F)C(=O)OCCC. The first-order valence-corrected chi connectivity index (χ1v) is 8.14.